The van der Waals surface area contributed by atoms with Crippen LogP contribution in [0.4, 0.5) is 10.3 Å². The average molecular weight is 274 g/mol. The lowest BCUT2D eigenvalue weighted by atomic mass is 10.3. The molecule has 2 rings (SSSR count). The van der Waals surface area contributed by atoms with E-state index in [9.17, 15) is 4.39 Å². The molecule has 0 unspecified atom stereocenters. The van der Waals surface area contributed by atoms with Crippen LogP contribution >= 0.6 is 23.2 Å². The Labute approximate surface area is 106 Å². The Balaban J connectivity index is 2.34. The highest BCUT2D eigenvalue weighted by molar-refractivity contribution is 6.30. The summed E-state index contributed by atoms with van der Waals surface area (Å²) in [7, 11) is 0. The van der Waals surface area contributed by atoms with Crippen LogP contribution in [0.2, 0.25) is 10.2 Å². The number of nitrogen functional groups attached to an aromatic ring is 1. The zero-order chi connectivity index (χ0) is 12.4. The van der Waals surface area contributed by atoms with Crippen LogP contribution in [0.5, 0.6) is 11.6 Å². The van der Waals surface area contributed by atoms with Gasteiger partial charge in [0.1, 0.15) is 5.15 Å². The highest BCUT2D eigenvalue weighted by atomic mass is 35.5. The van der Waals surface area contributed by atoms with Gasteiger partial charge in [-0.2, -0.15) is 4.98 Å². The smallest absolute Gasteiger partial charge is 0.225 e. The third-order valence-electron chi connectivity index (χ3n) is 1.82. The van der Waals surface area contributed by atoms with E-state index in [0.29, 0.717) is 0 Å². The summed E-state index contributed by atoms with van der Waals surface area (Å²) in [5, 5.41) is 0.0607. The SMILES string of the molecule is Nc1nc(Cl)cc(Oc2cccc(Cl)c2F)n1. The number of benzene rings is 1. The highest BCUT2D eigenvalue weighted by Gasteiger charge is 2.10. The molecule has 0 radical (unpaired) electrons. The molecule has 0 aliphatic carbocycles. The van der Waals surface area contributed by atoms with Gasteiger partial charge in [-0.25, -0.2) is 9.37 Å². The quantitative estimate of drug-likeness (QED) is 0.853. The van der Waals surface area contributed by atoms with Crippen LogP contribution in [0, 0.1) is 5.82 Å². The highest BCUT2D eigenvalue weighted by Crippen LogP contribution is 2.28. The number of hydrogen-bond acceptors (Lipinski definition) is 4. The van der Waals surface area contributed by atoms with Crippen molar-refractivity contribution in [3.63, 3.8) is 0 Å². The van der Waals surface area contributed by atoms with E-state index in [2.05, 4.69) is 9.97 Å². The van der Waals surface area contributed by atoms with Crippen molar-refractivity contribution in [2.45, 2.75) is 0 Å². The fraction of sp³-hybridized carbons (Fsp3) is 0. The van der Waals surface area contributed by atoms with Crippen LogP contribution in [0.25, 0.3) is 0 Å². The van der Waals surface area contributed by atoms with Gasteiger partial charge in [0.25, 0.3) is 0 Å². The van der Waals surface area contributed by atoms with Crippen molar-refractivity contribution in [2.75, 3.05) is 5.73 Å². The third-order valence-corrected chi connectivity index (χ3v) is 2.30. The Morgan fingerprint density at radius 3 is 2.71 bits per heavy atom. The van der Waals surface area contributed by atoms with E-state index in [1.807, 2.05) is 0 Å². The summed E-state index contributed by atoms with van der Waals surface area (Å²) in [6.07, 6.45) is 0. The number of nitrogens with two attached hydrogens (primary N) is 1. The molecule has 17 heavy (non-hydrogen) atoms. The first-order valence-corrected chi connectivity index (χ1v) is 5.24. The van der Waals surface area contributed by atoms with E-state index in [1.165, 1.54) is 18.2 Å². The van der Waals surface area contributed by atoms with Crippen molar-refractivity contribution in [3.05, 3.63) is 40.3 Å². The molecule has 0 fully saturated rings. The second kappa shape index (κ2) is 4.73. The topological polar surface area (TPSA) is 61.0 Å². The molecule has 2 N–H and O–H groups in total. The summed E-state index contributed by atoms with van der Waals surface area (Å²) in [4.78, 5) is 7.40. The first kappa shape index (κ1) is 11.9. The standard InChI is InChI=1S/C10H6Cl2FN3O/c11-5-2-1-3-6(9(5)13)17-8-4-7(12)15-10(14)16-8/h1-4H,(H2,14,15,16). The van der Waals surface area contributed by atoms with Crippen molar-refractivity contribution in [3.8, 4) is 11.6 Å². The van der Waals surface area contributed by atoms with Gasteiger partial charge in [-0.3, -0.25) is 0 Å². The fourth-order valence-electron chi connectivity index (χ4n) is 1.14. The minimum absolute atomic E-state index is 0.0451. The minimum Gasteiger partial charge on any atom is -0.436 e. The van der Waals surface area contributed by atoms with Gasteiger partial charge >= 0.3 is 0 Å². The zero-order valence-electron chi connectivity index (χ0n) is 8.32. The molecule has 7 heteroatoms. The van der Waals surface area contributed by atoms with Crippen LogP contribution in [-0.4, -0.2) is 9.97 Å². The molecule has 1 aromatic heterocycles. The largest absolute Gasteiger partial charge is 0.436 e. The summed E-state index contributed by atoms with van der Waals surface area (Å²) >= 11 is 11.3. The monoisotopic (exact) mass is 273 g/mol. The van der Waals surface area contributed by atoms with Crippen LogP contribution in [0.3, 0.4) is 0 Å². The van der Waals surface area contributed by atoms with Crippen molar-refractivity contribution < 1.29 is 9.13 Å². The molecule has 2 aromatic rings. The van der Waals surface area contributed by atoms with Crippen LogP contribution in [-0.2, 0) is 0 Å². The maximum Gasteiger partial charge on any atom is 0.225 e. The molecule has 0 atom stereocenters. The molecule has 0 bridgehead atoms. The van der Waals surface area contributed by atoms with Gasteiger partial charge in [0.2, 0.25) is 11.8 Å². The number of nitrogens with zero attached hydrogens (tertiary/aromatic N) is 2. The summed E-state index contributed by atoms with van der Waals surface area (Å²) in [6, 6.07) is 5.68. The number of halogens is 3. The number of hydrogen-bond donors (Lipinski definition) is 1. The van der Waals surface area contributed by atoms with E-state index in [1.54, 1.807) is 6.07 Å². The Kier molecular flexibility index (Phi) is 3.31. The Bertz CT molecular complexity index is 545. The summed E-state index contributed by atoms with van der Waals surface area (Å²) in [5.41, 5.74) is 5.37. The van der Waals surface area contributed by atoms with E-state index in [4.69, 9.17) is 33.7 Å². The minimum atomic E-state index is -0.678. The van der Waals surface area contributed by atoms with Crippen LogP contribution in [0.15, 0.2) is 24.3 Å². The fourth-order valence-corrected chi connectivity index (χ4v) is 1.49. The van der Waals surface area contributed by atoms with Crippen LogP contribution < -0.4 is 10.5 Å². The number of aromatic nitrogens is 2. The molecule has 0 amide bonds. The molecular weight excluding hydrogens is 268 g/mol. The number of rotatable bonds is 2. The van der Waals surface area contributed by atoms with E-state index in [-0.39, 0.29) is 27.8 Å². The van der Waals surface area contributed by atoms with Crippen molar-refractivity contribution in [1.29, 1.82) is 0 Å². The molecule has 0 saturated carbocycles. The predicted molar refractivity (Wildman–Crippen MR) is 62.9 cm³/mol. The van der Waals surface area contributed by atoms with Crippen LogP contribution in [0.1, 0.15) is 0 Å². The second-order valence-corrected chi connectivity index (χ2v) is 3.84. The molecule has 88 valence electrons. The maximum absolute atomic E-state index is 13.5. The molecule has 0 spiro atoms. The third kappa shape index (κ3) is 2.75. The Morgan fingerprint density at radius 2 is 2.00 bits per heavy atom. The first-order valence-electron chi connectivity index (χ1n) is 4.48. The molecule has 0 aliphatic rings. The van der Waals surface area contributed by atoms with Gasteiger partial charge in [0, 0.05) is 6.07 Å². The molecule has 0 saturated heterocycles. The summed E-state index contributed by atoms with van der Waals surface area (Å²) in [5.74, 6) is -0.757. The van der Waals surface area contributed by atoms with E-state index in [0.717, 1.165) is 0 Å². The van der Waals surface area contributed by atoms with Crippen molar-refractivity contribution in [2.24, 2.45) is 0 Å². The Morgan fingerprint density at radius 1 is 1.24 bits per heavy atom. The molecular formula is C10H6Cl2FN3O. The predicted octanol–water partition coefficient (Wildman–Crippen LogP) is 3.30. The average Bonchev–Trinajstić information content (AvgIpc) is 2.23. The molecule has 4 nitrogen and oxygen atoms in total. The van der Waals surface area contributed by atoms with Crippen molar-refractivity contribution in [1.82, 2.24) is 9.97 Å². The molecule has 1 aromatic carbocycles. The molecule has 1 heterocycles. The normalized spacial score (nSPS) is 10.3. The van der Waals surface area contributed by atoms with E-state index >= 15 is 0 Å². The summed E-state index contributed by atoms with van der Waals surface area (Å²) < 4.78 is 18.7. The first-order chi connectivity index (χ1) is 8.06. The summed E-state index contributed by atoms with van der Waals surface area (Å²) in [6.45, 7) is 0. The lowest BCUT2D eigenvalue weighted by Gasteiger charge is -2.06. The lowest BCUT2D eigenvalue weighted by molar-refractivity contribution is 0.427. The van der Waals surface area contributed by atoms with Gasteiger partial charge in [0.05, 0.1) is 5.02 Å². The van der Waals surface area contributed by atoms with Gasteiger partial charge in [0.15, 0.2) is 11.6 Å². The molecule has 0 aliphatic heterocycles. The number of anilines is 1. The lowest BCUT2D eigenvalue weighted by Crippen LogP contribution is -1.98. The Hall–Kier alpha value is -1.59. The zero-order valence-corrected chi connectivity index (χ0v) is 9.84. The van der Waals surface area contributed by atoms with Gasteiger partial charge in [-0.05, 0) is 12.1 Å². The van der Waals surface area contributed by atoms with E-state index < -0.39 is 5.82 Å². The van der Waals surface area contributed by atoms with Gasteiger partial charge in [-0.1, -0.05) is 29.3 Å². The second-order valence-electron chi connectivity index (χ2n) is 3.04. The van der Waals surface area contributed by atoms with Crippen molar-refractivity contribution >= 4 is 29.2 Å². The van der Waals surface area contributed by atoms with Gasteiger partial charge in [-0.15, -0.1) is 0 Å². The maximum atomic E-state index is 13.5. The number of ether oxygens (including phenoxy) is 1. The van der Waals surface area contributed by atoms with Gasteiger partial charge < -0.3 is 10.5 Å².